The maximum atomic E-state index is 12.2. The number of anilines is 1. The number of benzene rings is 2. The van der Waals surface area contributed by atoms with Gasteiger partial charge >= 0.3 is 0 Å². The molecular weight excluding hydrogens is 388 g/mol. The lowest BCUT2D eigenvalue weighted by Gasteiger charge is -2.14. The Bertz CT molecular complexity index is 1060. The van der Waals surface area contributed by atoms with E-state index in [1.165, 1.54) is 17.7 Å². The van der Waals surface area contributed by atoms with E-state index in [0.717, 1.165) is 23.4 Å². The fraction of sp³-hybridized carbons (Fsp3) is 0.278. The summed E-state index contributed by atoms with van der Waals surface area (Å²) in [5.74, 6) is -1.49. The highest BCUT2D eigenvalue weighted by atomic mass is 32.2. The summed E-state index contributed by atoms with van der Waals surface area (Å²) in [5, 5.41) is 6.42. The van der Waals surface area contributed by atoms with Crippen LogP contribution >= 0.6 is 0 Å². The highest BCUT2D eigenvalue weighted by Gasteiger charge is 2.20. The van der Waals surface area contributed by atoms with E-state index in [1.807, 2.05) is 36.2 Å². The highest BCUT2D eigenvalue weighted by molar-refractivity contribution is 7.93. The van der Waals surface area contributed by atoms with E-state index in [4.69, 9.17) is 4.55 Å². The molecule has 2 aromatic rings. The third-order valence-electron chi connectivity index (χ3n) is 4.29. The van der Waals surface area contributed by atoms with Crippen LogP contribution in [0.4, 0.5) is 5.69 Å². The summed E-state index contributed by atoms with van der Waals surface area (Å²) in [5.41, 5.74) is 3.97. The van der Waals surface area contributed by atoms with Gasteiger partial charge in [0.25, 0.3) is 10.1 Å². The standard InChI is InChI=1S/C18H20N2O5S2/c1-14-2-4-15(5-3-14)18-10-11-20(19-18)16-6-8-17(9-7-16)26(21,22)12-13-27(23,24)25/h2-9H,10-13H2,1H3,(H,23,24,25). The number of nitrogens with zero attached hydrogens (tertiary/aromatic N) is 2. The molecule has 0 aliphatic carbocycles. The molecule has 9 heteroatoms. The van der Waals surface area contributed by atoms with Gasteiger partial charge in [-0.1, -0.05) is 29.8 Å². The summed E-state index contributed by atoms with van der Waals surface area (Å²) in [7, 11) is -8.11. The van der Waals surface area contributed by atoms with Gasteiger partial charge in [-0.3, -0.25) is 9.56 Å². The van der Waals surface area contributed by atoms with Gasteiger partial charge in [0.15, 0.2) is 9.84 Å². The van der Waals surface area contributed by atoms with E-state index in [9.17, 15) is 16.8 Å². The summed E-state index contributed by atoms with van der Waals surface area (Å²) in [4.78, 5) is 0.0110. The quantitative estimate of drug-likeness (QED) is 0.736. The monoisotopic (exact) mass is 408 g/mol. The second-order valence-corrected chi connectivity index (χ2v) is 10.1. The second kappa shape index (κ2) is 7.41. The summed E-state index contributed by atoms with van der Waals surface area (Å²) in [6, 6.07) is 14.3. The fourth-order valence-corrected chi connectivity index (χ4v) is 5.26. The Hall–Kier alpha value is -2.23. The average molecular weight is 409 g/mol. The SMILES string of the molecule is Cc1ccc(C2=NN(c3ccc(S(=O)(=O)CCS(=O)(=O)O)cc3)CC2)cc1. The molecule has 1 heterocycles. The van der Waals surface area contributed by atoms with Gasteiger partial charge in [0.2, 0.25) is 0 Å². The van der Waals surface area contributed by atoms with Crippen molar-refractivity contribution in [2.24, 2.45) is 5.10 Å². The molecule has 0 fully saturated rings. The van der Waals surface area contributed by atoms with Crippen LogP contribution < -0.4 is 5.01 Å². The van der Waals surface area contributed by atoms with E-state index in [1.54, 1.807) is 12.1 Å². The van der Waals surface area contributed by atoms with Crippen LogP contribution in [0.1, 0.15) is 17.5 Å². The lowest BCUT2D eigenvalue weighted by atomic mass is 10.1. The van der Waals surface area contributed by atoms with Gasteiger partial charge in [-0.05, 0) is 36.8 Å². The first-order valence-electron chi connectivity index (χ1n) is 8.34. The zero-order valence-electron chi connectivity index (χ0n) is 14.7. The van der Waals surface area contributed by atoms with Crippen molar-refractivity contribution in [1.29, 1.82) is 0 Å². The van der Waals surface area contributed by atoms with Crippen LogP contribution in [0.3, 0.4) is 0 Å². The van der Waals surface area contributed by atoms with Gasteiger partial charge in [-0.25, -0.2) is 8.42 Å². The molecule has 3 rings (SSSR count). The van der Waals surface area contributed by atoms with Gasteiger partial charge in [-0.2, -0.15) is 13.5 Å². The molecule has 0 aromatic heterocycles. The molecule has 0 amide bonds. The third kappa shape index (κ3) is 4.94. The van der Waals surface area contributed by atoms with Crippen molar-refractivity contribution in [2.75, 3.05) is 23.1 Å². The zero-order valence-corrected chi connectivity index (χ0v) is 16.4. The van der Waals surface area contributed by atoms with Crippen LogP contribution in [-0.4, -0.2) is 45.2 Å². The number of hydrazone groups is 1. The summed E-state index contributed by atoms with van der Waals surface area (Å²) in [6.45, 7) is 2.72. The van der Waals surface area contributed by atoms with Crippen molar-refractivity contribution in [2.45, 2.75) is 18.2 Å². The van der Waals surface area contributed by atoms with E-state index < -0.39 is 31.5 Å². The Morgan fingerprint density at radius 3 is 2.19 bits per heavy atom. The number of hydrogen-bond donors (Lipinski definition) is 1. The number of hydrogen-bond acceptors (Lipinski definition) is 6. The summed E-state index contributed by atoms with van der Waals surface area (Å²) in [6.07, 6.45) is 0.789. The van der Waals surface area contributed by atoms with Crippen molar-refractivity contribution in [1.82, 2.24) is 0 Å². The molecule has 0 saturated carbocycles. The van der Waals surface area contributed by atoms with E-state index in [0.29, 0.717) is 6.54 Å². The minimum Gasteiger partial charge on any atom is -0.286 e. The van der Waals surface area contributed by atoms with Crippen LogP contribution in [0.5, 0.6) is 0 Å². The van der Waals surface area contributed by atoms with Crippen LogP contribution in [0, 0.1) is 6.92 Å². The Morgan fingerprint density at radius 1 is 0.963 bits per heavy atom. The van der Waals surface area contributed by atoms with Crippen LogP contribution in [0.2, 0.25) is 0 Å². The molecule has 0 bridgehead atoms. The molecule has 1 aliphatic rings. The van der Waals surface area contributed by atoms with Gasteiger partial charge in [-0.15, -0.1) is 0 Å². The predicted molar refractivity (Wildman–Crippen MR) is 105 cm³/mol. The van der Waals surface area contributed by atoms with Gasteiger partial charge in [0.05, 0.1) is 27.8 Å². The molecule has 2 aromatic carbocycles. The molecule has 1 aliphatic heterocycles. The number of sulfone groups is 1. The first kappa shape index (κ1) is 19.5. The van der Waals surface area contributed by atoms with Crippen molar-refractivity contribution >= 4 is 31.4 Å². The first-order chi connectivity index (χ1) is 12.6. The second-order valence-electron chi connectivity index (χ2n) is 6.38. The molecule has 7 nitrogen and oxygen atoms in total. The Balaban J connectivity index is 1.75. The van der Waals surface area contributed by atoms with E-state index >= 15 is 0 Å². The molecule has 1 N–H and O–H groups in total. The Labute approximate surface area is 159 Å². The molecule has 0 radical (unpaired) electrons. The van der Waals surface area contributed by atoms with E-state index in [2.05, 4.69) is 5.10 Å². The largest absolute Gasteiger partial charge is 0.286 e. The Kier molecular flexibility index (Phi) is 5.36. The molecule has 0 spiro atoms. The minimum absolute atomic E-state index is 0.0110. The smallest absolute Gasteiger partial charge is 0.265 e. The highest BCUT2D eigenvalue weighted by Crippen LogP contribution is 2.24. The number of aryl methyl sites for hydroxylation is 1. The Morgan fingerprint density at radius 2 is 1.59 bits per heavy atom. The lowest BCUT2D eigenvalue weighted by molar-refractivity contribution is 0.484. The van der Waals surface area contributed by atoms with Gasteiger partial charge < -0.3 is 0 Å². The van der Waals surface area contributed by atoms with Crippen molar-refractivity contribution < 1.29 is 21.4 Å². The van der Waals surface area contributed by atoms with Crippen molar-refractivity contribution in [3.05, 3.63) is 59.7 Å². The van der Waals surface area contributed by atoms with E-state index in [-0.39, 0.29) is 4.90 Å². The molecule has 0 atom stereocenters. The molecular formula is C18H20N2O5S2. The normalized spacial score (nSPS) is 15.0. The van der Waals surface area contributed by atoms with Crippen LogP contribution in [-0.2, 0) is 20.0 Å². The maximum absolute atomic E-state index is 12.2. The molecule has 0 saturated heterocycles. The first-order valence-corrected chi connectivity index (χ1v) is 11.6. The molecule has 144 valence electrons. The van der Waals surface area contributed by atoms with Gasteiger partial charge in [0.1, 0.15) is 0 Å². The minimum atomic E-state index is -4.33. The lowest BCUT2D eigenvalue weighted by Crippen LogP contribution is -2.17. The van der Waals surface area contributed by atoms with Crippen molar-refractivity contribution in [3.8, 4) is 0 Å². The average Bonchev–Trinajstić information content (AvgIpc) is 3.10. The predicted octanol–water partition coefficient (Wildman–Crippen LogP) is 2.27. The number of rotatable bonds is 6. The van der Waals surface area contributed by atoms with Crippen LogP contribution in [0.25, 0.3) is 0 Å². The topological polar surface area (TPSA) is 104 Å². The van der Waals surface area contributed by atoms with Crippen molar-refractivity contribution in [3.63, 3.8) is 0 Å². The maximum Gasteiger partial charge on any atom is 0.265 e. The van der Waals surface area contributed by atoms with Gasteiger partial charge in [0, 0.05) is 13.0 Å². The summed E-state index contributed by atoms with van der Waals surface area (Å²) < 4.78 is 54.6. The third-order valence-corrected chi connectivity index (χ3v) is 7.00. The fourth-order valence-electron chi connectivity index (χ4n) is 2.75. The van der Waals surface area contributed by atoms with Crippen LogP contribution in [0.15, 0.2) is 58.5 Å². The zero-order chi connectivity index (χ0) is 19.7. The molecule has 27 heavy (non-hydrogen) atoms. The summed E-state index contributed by atoms with van der Waals surface area (Å²) >= 11 is 0. The molecule has 0 unspecified atom stereocenters.